The molecule has 0 bridgehead atoms. The Bertz CT molecular complexity index is 685. The van der Waals surface area contributed by atoms with E-state index in [9.17, 15) is 15.0 Å². The number of carboxylic acid groups (broad SMARTS) is 1. The van der Waals surface area contributed by atoms with Crippen molar-refractivity contribution in [1.82, 2.24) is 4.90 Å². The normalized spacial score (nSPS) is 46.9. The first-order chi connectivity index (χ1) is 15.1. The molecule has 0 aromatic heterocycles. The second kappa shape index (κ2) is 9.19. The molecule has 0 spiro atoms. The summed E-state index contributed by atoms with van der Waals surface area (Å²) in [7, 11) is 1.90. The Balaban J connectivity index is 1.42. The summed E-state index contributed by atoms with van der Waals surface area (Å²) in [5.41, 5.74) is 0.620. The Morgan fingerprint density at radius 2 is 1.72 bits per heavy atom. The van der Waals surface area contributed by atoms with Crippen molar-refractivity contribution < 1.29 is 20.1 Å². The van der Waals surface area contributed by atoms with Gasteiger partial charge in [-0.2, -0.15) is 0 Å². The van der Waals surface area contributed by atoms with Crippen LogP contribution in [0.2, 0.25) is 0 Å². The van der Waals surface area contributed by atoms with Gasteiger partial charge in [-0.25, -0.2) is 0 Å². The third-order valence-corrected chi connectivity index (χ3v) is 11.0. The molecule has 3 N–H and O–H groups in total. The monoisotopic (exact) mass is 449 g/mol. The molecule has 184 valence electrons. The van der Waals surface area contributed by atoms with Gasteiger partial charge in [-0.05, 0) is 124 Å². The molecule has 0 unspecified atom stereocenters. The van der Waals surface area contributed by atoms with Crippen LogP contribution in [0.25, 0.3) is 0 Å². The summed E-state index contributed by atoms with van der Waals surface area (Å²) < 4.78 is 0. The summed E-state index contributed by atoms with van der Waals surface area (Å²) in [4.78, 5) is 12.8. The minimum atomic E-state index is -0.752. The molecule has 0 aliphatic heterocycles. The lowest BCUT2D eigenvalue weighted by Gasteiger charge is -2.62. The van der Waals surface area contributed by atoms with Crippen molar-refractivity contribution in [1.29, 1.82) is 0 Å². The molecule has 4 fully saturated rings. The van der Waals surface area contributed by atoms with E-state index < -0.39 is 5.97 Å². The molecule has 4 aliphatic carbocycles. The molecule has 0 saturated heterocycles. The Morgan fingerprint density at radius 3 is 2.44 bits per heavy atom. The van der Waals surface area contributed by atoms with Gasteiger partial charge in [0.25, 0.3) is 0 Å². The van der Waals surface area contributed by atoms with Crippen molar-refractivity contribution in [3.63, 3.8) is 0 Å². The van der Waals surface area contributed by atoms with Crippen molar-refractivity contribution in [3.8, 4) is 0 Å². The van der Waals surface area contributed by atoms with E-state index in [2.05, 4.69) is 20.8 Å². The number of likely N-dealkylation sites (N-methyl/N-ethyl adjacent to an activating group) is 1. The number of aliphatic hydroxyl groups is 2. The highest BCUT2D eigenvalue weighted by molar-refractivity contribution is 5.68. The number of rotatable bonds is 7. The fraction of sp³-hybridized carbons (Fsp3) is 0.963. The molecule has 4 rings (SSSR count). The number of hydrogen-bond acceptors (Lipinski definition) is 4. The molecule has 0 aromatic carbocycles. The van der Waals surface area contributed by atoms with Gasteiger partial charge in [-0.1, -0.05) is 20.8 Å². The second-order valence-electron chi connectivity index (χ2n) is 12.7. The van der Waals surface area contributed by atoms with Gasteiger partial charge in [-0.15, -0.1) is 0 Å². The maximum Gasteiger partial charge on any atom is 0.317 e. The molecule has 0 amide bonds. The molecular formula is C27H47NO4. The molecule has 10 atom stereocenters. The van der Waals surface area contributed by atoms with E-state index >= 15 is 0 Å². The number of carbonyl (C=O) groups is 1. The van der Waals surface area contributed by atoms with Crippen LogP contribution in [0.1, 0.15) is 85.0 Å². The first-order valence-electron chi connectivity index (χ1n) is 13.3. The van der Waals surface area contributed by atoms with Gasteiger partial charge in [0.05, 0.1) is 18.8 Å². The molecule has 0 aromatic rings. The van der Waals surface area contributed by atoms with Crippen LogP contribution in [0.3, 0.4) is 0 Å². The summed E-state index contributed by atoms with van der Waals surface area (Å²) in [6, 6.07) is 0. The van der Waals surface area contributed by atoms with Crippen molar-refractivity contribution in [3.05, 3.63) is 0 Å². The zero-order valence-electron chi connectivity index (χ0n) is 20.8. The summed E-state index contributed by atoms with van der Waals surface area (Å²) in [6.45, 7) is 8.40. The lowest BCUT2D eigenvalue weighted by atomic mass is 9.43. The number of fused-ring (bicyclic) bond motifs is 5. The van der Waals surface area contributed by atoms with Crippen molar-refractivity contribution >= 4 is 5.97 Å². The van der Waals surface area contributed by atoms with Gasteiger partial charge in [-0.3, -0.25) is 9.69 Å². The van der Waals surface area contributed by atoms with E-state index in [0.717, 1.165) is 45.1 Å². The van der Waals surface area contributed by atoms with Crippen LogP contribution in [0.5, 0.6) is 0 Å². The van der Waals surface area contributed by atoms with E-state index in [1.54, 1.807) is 0 Å². The highest BCUT2D eigenvalue weighted by atomic mass is 16.4. The third-order valence-electron chi connectivity index (χ3n) is 11.0. The van der Waals surface area contributed by atoms with Crippen LogP contribution < -0.4 is 0 Å². The third kappa shape index (κ3) is 4.27. The van der Waals surface area contributed by atoms with E-state index in [1.807, 2.05) is 11.9 Å². The lowest BCUT2D eigenvalue weighted by Crippen LogP contribution is -2.58. The van der Waals surface area contributed by atoms with Crippen molar-refractivity contribution in [2.24, 2.45) is 46.3 Å². The SMILES string of the molecule is C[C@H](CCCN(C)CC(=O)O)[C@H]1CC[C@H]2[C@@H]3[C@H](O)C[C@@H]4C[C@H](O)CC[C@]4(C)[C@H]3CC[C@]12C. The van der Waals surface area contributed by atoms with Gasteiger partial charge < -0.3 is 15.3 Å². The van der Waals surface area contributed by atoms with E-state index in [-0.39, 0.29) is 18.8 Å². The average Bonchev–Trinajstić information content (AvgIpc) is 3.06. The van der Waals surface area contributed by atoms with Gasteiger partial charge in [0.1, 0.15) is 0 Å². The molecule has 5 heteroatoms. The molecule has 0 radical (unpaired) electrons. The van der Waals surface area contributed by atoms with Gasteiger partial charge in [0.15, 0.2) is 0 Å². The quantitative estimate of drug-likeness (QED) is 0.536. The molecule has 32 heavy (non-hydrogen) atoms. The minimum absolute atomic E-state index is 0.120. The van der Waals surface area contributed by atoms with Crippen LogP contribution in [0.4, 0.5) is 0 Å². The Morgan fingerprint density at radius 1 is 1.03 bits per heavy atom. The van der Waals surface area contributed by atoms with Crippen LogP contribution in [0, 0.1) is 46.3 Å². The van der Waals surface area contributed by atoms with Gasteiger partial charge >= 0.3 is 5.97 Å². The topological polar surface area (TPSA) is 81.0 Å². The predicted molar refractivity (Wildman–Crippen MR) is 126 cm³/mol. The first-order valence-corrected chi connectivity index (χ1v) is 13.3. The minimum Gasteiger partial charge on any atom is -0.480 e. The van der Waals surface area contributed by atoms with Crippen LogP contribution in [0.15, 0.2) is 0 Å². The summed E-state index contributed by atoms with van der Waals surface area (Å²) >= 11 is 0. The van der Waals surface area contributed by atoms with E-state index in [4.69, 9.17) is 5.11 Å². The van der Waals surface area contributed by atoms with Crippen molar-refractivity contribution in [2.75, 3.05) is 20.1 Å². The largest absolute Gasteiger partial charge is 0.480 e. The van der Waals surface area contributed by atoms with Crippen molar-refractivity contribution in [2.45, 2.75) is 97.2 Å². The fourth-order valence-electron chi connectivity index (χ4n) is 9.37. The highest BCUT2D eigenvalue weighted by Crippen LogP contribution is 2.68. The Kier molecular flexibility index (Phi) is 7.03. The second-order valence-corrected chi connectivity index (χ2v) is 12.7. The zero-order valence-corrected chi connectivity index (χ0v) is 20.8. The van der Waals surface area contributed by atoms with Gasteiger partial charge in [0.2, 0.25) is 0 Å². The van der Waals surface area contributed by atoms with E-state index in [1.165, 1.54) is 25.7 Å². The van der Waals surface area contributed by atoms with Crippen LogP contribution >= 0.6 is 0 Å². The summed E-state index contributed by atoms with van der Waals surface area (Å²) in [5, 5.41) is 30.6. The zero-order chi connectivity index (χ0) is 23.3. The smallest absolute Gasteiger partial charge is 0.317 e. The average molecular weight is 450 g/mol. The van der Waals surface area contributed by atoms with Gasteiger partial charge in [0, 0.05) is 0 Å². The maximum absolute atomic E-state index is 11.4. The number of carboxylic acids is 1. The molecule has 5 nitrogen and oxygen atoms in total. The highest BCUT2D eigenvalue weighted by Gasteiger charge is 2.62. The maximum atomic E-state index is 11.4. The summed E-state index contributed by atoms with van der Waals surface area (Å²) in [5.74, 6) is 2.76. The predicted octanol–water partition coefficient (Wildman–Crippen LogP) is 4.41. The molecular weight excluding hydrogens is 402 g/mol. The standard InChI is InChI=1S/C27H47NO4/c1-17(6-5-13-28(4)16-24(31)32)20-7-8-21-25-22(10-12-27(20,21)3)26(2)11-9-19(29)14-18(26)15-23(25)30/h17-23,25,29-30H,5-16H2,1-4H3,(H,31,32)/t17-,18+,19-,20-,21+,22+,23-,25+,26+,27-/m1/s1. The summed E-state index contributed by atoms with van der Waals surface area (Å²) in [6.07, 6.45) is 10.7. The first kappa shape index (κ1) is 24.5. The fourth-order valence-corrected chi connectivity index (χ4v) is 9.37. The van der Waals surface area contributed by atoms with E-state index in [0.29, 0.717) is 46.3 Å². The number of nitrogens with zero attached hydrogens (tertiary/aromatic N) is 1. The lowest BCUT2D eigenvalue weighted by molar-refractivity contribution is -0.174. The Labute approximate surface area is 195 Å². The molecule has 0 heterocycles. The van der Waals surface area contributed by atoms with Crippen LogP contribution in [-0.4, -0.2) is 58.5 Å². The van der Waals surface area contributed by atoms with Crippen LogP contribution in [-0.2, 0) is 4.79 Å². The molecule has 4 aliphatic rings. The number of aliphatic carboxylic acids is 1. The Hall–Kier alpha value is -0.650. The number of hydrogen-bond donors (Lipinski definition) is 3. The molecule has 4 saturated carbocycles. The number of aliphatic hydroxyl groups excluding tert-OH is 2.